The van der Waals surface area contributed by atoms with Gasteiger partial charge in [0.15, 0.2) is 0 Å². The summed E-state index contributed by atoms with van der Waals surface area (Å²) in [6.45, 7) is 6.42. The van der Waals surface area contributed by atoms with Gasteiger partial charge in [0.1, 0.15) is 5.82 Å². The number of carbonyl (C=O) groups is 1. The zero-order chi connectivity index (χ0) is 15.3. The van der Waals surface area contributed by atoms with Crippen molar-refractivity contribution in [3.05, 3.63) is 42.2 Å². The molecule has 0 aliphatic carbocycles. The molecule has 0 atom stereocenters. The van der Waals surface area contributed by atoms with Crippen molar-refractivity contribution >= 4 is 6.03 Å². The molecule has 0 fully saturated rings. The van der Waals surface area contributed by atoms with Crippen LogP contribution in [0.1, 0.15) is 26.5 Å². The smallest absolute Gasteiger partial charge is 0.315 e. The number of urea groups is 1. The standard InChI is InChI=1S/C16H22N4O/c1-16(2,3)20-15(21)17-10-9-13-11-18-14(19-13)12-7-5-4-6-8-12/h4-8,11H,9-10H2,1-3H3,(H,18,19)(H2,17,20,21). The van der Waals surface area contributed by atoms with Crippen LogP contribution in [0.2, 0.25) is 0 Å². The van der Waals surface area contributed by atoms with Crippen LogP contribution in [0.25, 0.3) is 11.4 Å². The molecule has 5 nitrogen and oxygen atoms in total. The normalized spacial score (nSPS) is 11.2. The number of hydrogen-bond donors (Lipinski definition) is 3. The van der Waals surface area contributed by atoms with Gasteiger partial charge < -0.3 is 15.6 Å². The number of carbonyl (C=O) groups excluding carboxylic acids is 1. The predicted octanol–water partition coefficient (Wildman–Crippen LogP) is 2.72. The molecule has 112 valence electrons. The zero-order valence-electron chi connectivity index (χ0n) is 12.7. The average molecular weight is 286 g/mol. The van der Waals surface area contributed by atoms with Crippen LogP contribution >= 0.6 is 0 Å². The van der Waals surface area contributed by atoms with Crippen molar-refractivity contribution in [2.45, 2.75) is 32.7 Å². The molecular formula is C16H22N4O. The molecule has 0 spiro atoms. The van der Waals surface area contributed by atoms with Gasteiger partial charge >= 0.3 is 6.03 Å². The Morgan fingerprint density at radius 1 is 1.24 bits per heavy atom. The Labute approximate surface area is 125 Å². The Hall–Kier alpha value is -2.30. The van der Waals surface area contributed by atoms with Crippen molar-refractivity contribution < 1.29 is 4.79 Å². The zero-order valence-corrected chi connectivity index (χ0v) is 12.7. The molecule has 1 heterocycles. The summed E-state index contributed by atoms with van der Waals surface area (Å²) in [7, 11) is 0. The molecule has 0 saturated carbocycles. The SMILES string of the molecule is CC(C)(C)NC(=O)NCCc1cnc(-c2ccccc2)[nH]1. The van der Waals surface area contributed by atoms with Crippen LogP contribution < -0.4 is 10.6 Å². The number of rotatable bonds is 4. The van der Waals surface area contributed by atoms with Crippen LogP contribution in [0.4, 0.5) is 4.79 Å². The summed E-state index contributed by atoms with van der Waals surface area (Å²) >= 11 is 0. The van der Waals surface area contributed by atoms with E-state index in [1.807, 2.05) is 57.3 Å². The minimum Gasteiger partial charge on any atom is -0.342 e. The number of imidazole rings is 1. The summed E-state index contributed by atoms with van der Waals surface area (Å²) in [6.07, 6.45) is 2.53. The molecule has 3 N–H and O–H groups in total. The van der Waals surface area contributed by atoms with Crippen LogP contribution in [0.5, 0.6) is 0 Å². The monoisotopic (exact) mass is 286 g/mol. The molecule has 21 heavy (non-hydrogen) atoms. The second-order valence-electron chi connectivity index (χ2n) is 6.00. The summed E-state index contributed by atoms with van der Waals surface area (Å²) in [5, 5.41) is 5.70. The van der Waals surface area contributed by atoms with Gasteiger partial charge in [-0.3, -0.25) is 0 Å². The van der Waals surface area contributed by atoms with Gasteiger partial charge in [-0.1, -0.05) is 30.3 Å². The Balaban J connectivity index is 1.83. The first-order chi connectivity index (χ1) is 9.94. The first-order valence-electron chi connectivity index (χ1n) is 7.09. The lowest BCUT2D eigenvalue weighted by atomic mass is 10.1. The van der Waals surface area contributed by atoms with E-state index in [1.165, 1.54) is 0 Å². The fourth-order valence-electron chi connectivity index (χ4n) is 1.92. The minimum absolute atomic E-state index is 0.148. The molecule has 0 saturated heterocycles. The average Bonchev–Trinajstić information content (AvgIpc) is 2.86. The van der Waals surface area contributed by atoms with Gasteiger partial charge in [-0.15, -0.1) is 0 Å². The van der Waals surface area contributed by atoms with E-state index in [0.717, 1.165) is 23.5 Å². The van der Waals surface area contributed by atoms with Gasteiger partial charge in [-0.05, 0) is 20.8 Å². The number of nitrogens with zero attached hydrogens (tertiary/aromatic N) is 1. The minimum atomic E-state index is -0.224. The molecule has 2 aromatic rings. The highest BCUT2D eigenvalue weighted by Crippen LogP contribution is 2.14. The number of nitrogens with one attached hydrogen (secondary N) is 3. The summed E-state index contributed by atoms with van der Waals surface area (Å²) in [4.78, 5) is 19.3. The van der Waals surface area contributed by atoms with E-state index in [-0.39, 0.29) is 11.6 Å². The third-order valence-corrected chi connectivity index (χ3v) is 2.84. The fraction of sp³-hybridized carbons (Fsp3) is 0.375. The van der Waals surface area contributed by atoms with Gasteiger partial charge in [0.2, 0.25) is 0 Å². The highest BCUT2D eigenvalue weighted by Gasteiger charge is 2.12. The van der Waals surface area contributed by atoms with E-state index >= 15 is 0 Å². The van der Waals surface area contributed by atoms with Crippen molar-refractivity contribution in [3.8, 4) is 11.4 Å². The van der Waals surface area contributed by atoms with Crippen LogP contribution in [0.3, 0.4) is 0 Å². The summed E-state index contributed by atoms with van der Waals surface area (Å²) in [5.41, 5.74) is 1.84. The predicted molar refractivity (Wildman–Crippen MR) is 84.0 cm³/mol. The van der Waals surface area contributed by atoms with Crippen LogP contribution in [0.15, 0.2) is 36.5 Å². The van der Waals surface area contributed by atoms with Gasteiger partial charge in [-0.25, -0.2) is 9.78 Å². The largest absolute Gasteiger partial charge is 0.342 e. The van der Waals surface area contributed by atoms with Gasteiger partial charge in [0, 0.05) is 36.0 Å². The fourth-order valence-corrected chi connectivity index (χ4v) is 1.92. The van der Waals surface area contributed by atoms with E-state index in [0.29, 0.717) is 6.54 Å². The molecule has 1 aromatic heterocycles. The third kappa shape index (κ3) is 4.95. The van der Waals surface area contributed by atoms with Crippen molar-refractivity contribution in [2.24, 2.45) is 0 Å². The lowest BCUT2D eigenvalue weighted by molar-refractivity contribution is 0.232. The summed E-state index contributed by atoms with van der Waals surface area (Å²) < 4.78 is 0. The first kappa shape index (κ1) is 15.1. The lowest BCUT2D eigenvalue weighted by Crippen LogP contribution is -2.46. The van der Waals surface area contributed by atoms with Crippen molar-refractivity contribution in [3.63, 3.8) is 0 Å². The number of hydrogen-bond acceptors (Lipinski definition) is 2. The lowest BCUT2D eigenvalue weighted by Gasteiger charge is -2.20. The van der Waals surface area contributed by atoms with Crippen molar-refractivity contribution in [2.75, 3.05) is 6.54 Å². The van der Waals surface area contributed by atoms with Crippen molar-refractivity contribution in [1.29, 1.82) is 0 Å². The highest BCUT2D eigenvalue weighted by molar-refractivity contribution is 5.74. The van der Waals surface area contributed by atoms with Crippen LogP contribution in [-0.4, -0.2) is 28.1 Å². The van der Waals surface area contributed by atoms with E-state index in [1.54, 1.807) is 0 Å². The summed E-state index contributed by atoms with van der Waals surface area (Å²) in [6, 6.07) is 9.82. The molecule has 5 heteroatoms. The Bertz CT molecular complexity index is 584. The maximum absolute atomic E-state index is 11.6. The van der Waals surface area contributed by atoms with Gasteiger partial charge in [0.05, 0.1) is 0 Å². The molecule has 0 aliphatic heterocycles. The number of amides is 2. The maximum Gasteiger partial charge on any atom is 0.315 e. The molecule has 0 aliphatic rings. The second-order valence-corrected chi connectivity index (χ2v) is 6.00. The van der Waals surface area contributed by atoms with E-state index in [4.69, 9.17) is 0 Å². The van der Waals surface area contributed by atoms with Crippen LogP contribution in [0, 0.1) is 0 Å². The number of H-pyrrole nitrogens is 1. The summed E-state index contributed by atoms with van der Waals surface area (Å²) in [5.74, 6) is 0.852. The third-order valence-electron chi connectivity index (χ3n) is 2.84. The van der Waals surface area contributed by atoms with Gasteiger partial charge in [-0.2, -0.15) is 0 Å². The number of aromatic amines is 1. The quantitative estimate of drug-likeness (QED) is 0.809. The van der Waals surface area contributed by atoms with E-state index in [2.05, 4.69) is 20.6 Å². The molecule has 2 amide bonds. The molecule has 1 aromatic carbocycles. The molecular weight excluding hydrogens is 264 g/mol. The second kappa shape index (κ2) is 6.43. The Kier molecular flexibility index (Phi) is 4.62. The molecule has 2 rings (SSSR count). The van der Waals surface area contributed by atoms with Crippen LogP contribution in [-0.2, 0) is 6.42 Å². The van der Waals surface area contributed by atoms with Gasteiger partial charge in [0.25, 0.3) is 0 Å². The number of aromatic nitrogens is 2. The molecule has 0 unspecified atom stereocenters. The van der Waals surface area contributed by atoms with E-state index < -0.39 is 0 Å². The topological polar surface area (TPSA) is 69.8 Å². The molecule has 0 bridgehead atoms. The highest BCUT2D eigenvalue weighted by atomic mass is 16.2. The Morgan fingerprint density at radius 2 is 1.95 bits per heavy atom. The first-order valence-corrected chi connectivity index (χ1v) is 7.09. The Morgan fingerprint density at radius 3 is 2.62 bits per heavy atom. The van der Waals surface area contributed by atoms with Crippen molar-refractivity contribution in [1.82, 2.24) is 20.6 Å². The maximum atomic E-state index is 11.6. The number of benzene rings is 1. The van der Waals surface area contributed by atoms with E-state index in [9.17, 15) is 4.79 Å². The molecule has 0 radical (unpaired) electrons.